The quantitative estimate of drug-likeness (QED) is 0.778. The van der Waals surface area contributed by atoms with Gasteiger partial charge in [-0.1, -0.05) is 12.1 Å². The molecule has 1 fully saturated rings. The predicted octanol–water partition coefficient (Wildman–Crippen LogP) is 1.90. The van der Waals surface area contributed by atoms with Crippen LogP contribution in [0.3, 0.4) is 0 Å². The minimum atomic E-state index is -0.208. The van der Waals surface area contributed by atoms with E-state index in [9.17, 15) is 4.39 Å². The van der Waals surface area contributed by atoms with Crippen LogP contribution < -0.4 is 10.2 Å². The normalized spacial score (nSPS) is 14.8. The molecule has 18 heavy (non-hydrogen) atoms. The zero-order valence-electron chi connectivity index (χ0n) is 10.8. The summed E-state index contributed by atoms with van der Waals surface area (Å²) in [6, 6.07) is 5.79. The van der Waals surface area contributed by atoms with Crippen molar-refractivity contribution in [3.8, 4) is 0 Å². The van der Waals surface area contributed by atoms with Crippen LogP contribution in [0.1, 0.15) is 25.3 Å². The van der Waals surface area contributed by atoms with E-state index in [1.165, 1.54) is 18.9 Å². The number of likely N-dealkylation sites (N-methyl/N-ethyl adjacent to an activating group) is 1. The highest BCUT2D eigenvalue weighted by molar-refractivity contribution is 5.55. The summed E-state index contributed by atoms with van der Waals surface area (Å²) in [4.78, 5) is 1.89. The number of aliphatic hydroxyl groups is 1. The third-order valence-corrected chi connectivity index (χ3v) is 3.30. The Bertz CT molecular complexity index is 393. The molecule has 0 aromatic heterocycles. The summed E-state index contributed by atoms with van der Waals surface area (Å²) in [6.45, 7) is 3.86. The Morgan fingerprint density at radius 2 is 2.22 bits per heavy atom. The molecule has 3 nitrogen and oxygen atoms in total. The summed E-state index contributed by atoms with van der Waals surface area (Å²) in [7, 11) is 0. The smallest absolute Gasteiger partial charge is 0.146 e. The van der Waals surface area contributed by atoms with E-state index in [1.807, 2.05) is 17.9 Å². The highest BCUT2D eigenvalue weighted by atomic mass is 19.1. The van der Waals surface area contributed by atoms with Gasteiger partial charge in [0.2, 0.25) is 0 Å². The van der Waals surface area contributed by atoms with Crippen LogP contribution in [-0.4, -0.2) is 30.8 Å². The Labute approximate surface area is 108 Å². The highest BCUT2D eigenvalue weighted by Gasteiger charge is 2.21. The van der Waals surface area contributed by atoms with Gasteiger partial charge in [-0.05, 0) is 31.4 Å². The van der Waals surface area contributed by atoms with Crippen LogP contribution in [0.15, 0.2) is 18.2 Å². The molecular weight excluding hydrogens is 231 g/mol. The van der Waals surface area contributed by atoms with Crippen molar-refractivity contribution >= 4 is 5.69 Å². The van der Waals surface area contributed by atoms with Gasteiger partial charge in [-0.3, -0.25) is 0 Å². The van der Waals surface area contributed by atoms with Gasteiger partial charge in [-0.2, -0.15) is 0 Å². The van der Waals surface area contributed by atoms with Crippen molar-refractivity contribution in [3.63, 3.8) is 0 Å². The van der Waals surface area contributed by atoms with E-state index < -0.39 is 0 Å². The van der Waals surface area contributed by atoms with Crippen molar-refractivity contribution in [1.29, 1.82) is 0 Å². The largest absolute Gasteiger partial charge is 0.395 e. The number of hydrogen-bond donors (Lipinski definition) is 2. The lowest BCUT2D eigenvalue weighted by Gasteiger charge is -2.25. The van der Waals surface area contributed by atoms with E-state index in [0.29, 0.717) is 31.4 Å². The SMILES string of the molecule is CCN(CCO)c1c(F)cccc1CNC1CC1. The summed E-state index contributed by atoms with van der Waals surface area (Å²) in [5.74, 6) is -0.208. The van der Waals surface area contributed by atoms with E-state index in [2.05, 4.69) is 5.32 Å². The van der Waals surface area contributed by atoms with Crippen LogP contribution in [0.4, 0.5) is 10.1 Å². The first kappa shape index (κ1) is 13.3. The first-order valence-electron chi connectivity index (χ1n) is 6.62. The standard InChI is InChI=1S/C14H21FN2O/c1-2-17(8-9-18)14-11(4-3-5-13(14)15)10-16-12-6-7-12/h3-5,12,16,18H,2,6-10H2,1H3. The third kappa shape index (κ3) is 3.21. The van der Waals surface area contributed by atoms with Crippen LogP contribution in [0.25, 0.3) is 0 Å². The minimum absolute atomic E-state index is 0.0394. The lowest BCUT2D eigenvalue weighted by atomic mass is 10.1. The lowest BCUT2D eigenvalue weighted by molar-refractivity contribution is 0.302. The maximum Gasteiger partial charge on any atom is 0.146 e. The van der Waals surface area contributed by atoms with Crippen LogP contribution >= 0.6 is 0 Å². The molecule has 1 aliphatic carbocycles. The van der Waals surface area contributed by atoms with Gasteiger partial charge < -0.3 is 15.3 Å². The lowest BCUT2D eigenvalue weighted by Crippen LogP contribution is -2.29. The predicted molar refractivity (Wildman–Crippen MR) is 71.2 cm³/mol. The molecule has 1 aromatic rings. The maximum absolute atomic E-state index is 14.0. The van der Waals surface area contributed by atoms with Gasteiger partial charge in [0, 0.05) is 25.7 Å². The summed E-state index contributed by atoms with van der Waals surface area (Å²) < 4.78 is 14.0. The number of halogens is 1. The highest BCUT2D eigenvalue weighted by Crippen LogP contribution is 2.26. The first-order valence-corrected chi connectivity index (χ1v) is 6.62. The Morgan fingerprint density at radius 1 is 1.44 bits per heavy atom. The molecule has 0 unspecified atom stereocenters. The Morgan fingerprint density at radius 3 is 2.83 bits per heavy atom. The van der Waals surface area contributed by atoms with Crippen LogP contribution in [0.5, 0.6) is 0 Å². The molecule has 0 amide bonds. The zero-order chi connectivity index (χ0) is 13.0. The molecule has 0 radical (unpaired) electrons. The van der Waals surface area contributed by atoms with E-state index >= 15 is 0 Å². The number of hydrogen-bond acceptors (Lipinski definition) is 3. The van der Waals surface area contributed by atoms with Gasteiger partial charge in [0.15, 0.2) is 0 Å². The second kappa shape index (κ2) is 6.16. The molecule has 2 N–H and O–H groups in total. The molecule has 0 aliphatic heterocycles. The van der Waals surface area contributed by atoms with Crippen molar-refractivity contribution in [2.24, 2.45) is 0 Å². The van der Waals surface area contributed by atoms with Gasteiger partial charge in [-0.15, -0.1) is 0 Å². The fourth-order valence-corrected chi connectivity index (χ4v) is 2.15. The van der Waals surface area contributed by atoms with Gasteiger partial charge in [0.25, 0.3) is 0 Å². The van der Waals surface area contributed by atoms with Gasteiger partial charge in [-0.25, -0.2) is 4.39 Å². The summed E-state index contributed by atoms with van der Waals surface area (Å²) >= 11 is 0. The van der Waals surface area contributed by atoms with E-state index in [-0.39, 0.29) is 12.4 Å². The Balaban J connectivity index is 2.17. The molecular formula is C14H21FN2O. The third-order valence-electron chi connectivity index (χ3n) is 3.30. The van der Waals surface area contributed by atoms with E-state index in [0.717, 1.165) is 5.56 Å². The monoisotopic (exact) mass is 252 g/mol. The molecule has 0 saturated heterocycles. The first-order chi connectivity index (χ1) is 8.76. The second-order valence-corrected chi connectivity index (χ2v) is 4.71. The van der Waals surface area contributed by atoms with Crippen LogP contribution in [0.2, 0.25) is 0 Å². The number of nitrogens with zero attached hydrogens (tertiary/aromatic N) is 1. The molecule has 0 heterocycles. The average Bonchev–Trinajstić information content (AvgIpc) is 3.18. The molecule has 1 aromatic carbocycles. The second-order valence-electron chi connectivity index (χ2n) is 4.71. The number of nitrogens with one attached hydrogen (secondary N) is 1. The van der Waals surface area contributed by atoms with Crippen molar-refractivity contribution < 1.29 is 9.50 Å². The molecule has 0 bridgehead atoms. The Hall–Kier alpha value is -1.13. The molecule has 4 heteroatoms. The number of para-hydroxylation sites is 1. The molecule has 2 rings (SSSR count). The van der Waals surface area contributed by atoms with E-state index in [4.69, 9.17) is 5.11 Å². The fourth-order valence-electron chi connectivity index (χ4n) is 2.15. The number of anilines is 1. The topological polar surface area (TPSA) is 35.5 Å². The molecule has 1 aliphatic rings. The summed E-state index contributed by atoms with van der Waals surface area (Å²) in [5, 5.41) is 12.5. The van der Waals surface area contributed by atoms with Crippen molar-refractivity contribution in [2.75, 3.05) is 24.6 Å². The molecule has 1 saturated carbocycles. The number of rotatable bonds is 7. The summed E-state index contributed by atoms with van der Waals surface area (Å²) in [5.41, 5.74) is 1.60. The molecule has 100 valence electrons. The fraction of sp³-hybridized carbons (Fsp3) is 0.571. The van der Waals surface area contributed by atoms with Crippen molar-refractivity contribution in [3.05, 3.63) is 29.6 Å². The van der Waals surface area contributed by atoms with Gasteiger partial charge >= 0.3 is 0 Å². The van der Waals surface area contributed by atoms with E-state index in [1.54, 1.807) is 6.07 Å². The average molecular weight is 252 g/mol. The molecule has 0 atom stereocenters. The maximum atomic E-state index is 14.0. The van der Waals surface area contributed by atoms with Gasteiger partial charge in [0.1, 0.15) is 5.82 Å². The Kier molecular flexibility index (Phi) is 4.55. The minimum Gasteiger partial charge on any atom is -0.395 e. The molecule has 0 spiro atoms. The van der Waals surface area contributed by atoms with Gasteiger partial charge in [0.05, 0.1) is 12.3 Å². The number of benzene rings is 1. The van der Waals surface area contributed by atoms with Crippen molar-refractivity contribution in [1.82, 2.24) is 5.32 Å². The summed E-state index contributed by atoms with van der Waals surface area (Å²) in [6.07, 6.45) is 2.44. The zero-order valence-corrected chi connectivity index (χ0v) is 10.8. The number of aliphatic hydroxyl groups excluding tert-OH is 1. The van der Waals surface area contributed by atoms with Crippen LogP contribution in [0, 0.1) is 5.82 Å². The van der Waals surface area contributed by atoms with Crippen LogP contribution in [-0.2, 0) is 6.54 Å². The van der Waals surface area contributed by atoms with Crippen molar-refractivity contribution in [2.45, 2.75) is 32.4 Å².